The highest BCUT2D eigenvalue weighted by Gasteiger charge is 2.48. The Morgan fingerprint density at radius 2 is 1.97 bits per heavy atom. The summed E-state index contributed by atoms with van der Waals surface area (Å²) in [6, 6.07) is 18.2. The third kappa shape index (κ3) is 3.40. The average Bonchev–Trinajstić information content (AvgIpc) is 2.97. The monoisotopic (exact) mass is 389 g/mol. The second kappa shape index (κ2) is 7.10. The van der Waals surface area contributed by atoms with Crippen molar-refractivity contribution < 1.29 is 4.39 Å². The number of rotatable bonds is 3. The molecule has 0 unspecified atom stereocenters. The molecule has 150 valence electrons. The largest absolute Gasteiger partial charge is 0.363 e. The Labute approximate surface area is 172 Å². The van der Waals surface area contributed by atoms with E-state index >= 15 is 0 Å². The predicted octanol–water partition coefficient (Wildman–Crippen LogP) is 5.25. The van der Waals surface area contributed by atoms with E-state index in [-0.39, 0.29) is 11.4 Å². The van der Waals surface area contributed by atoms with Gasteiger partial charge in [0, 0.05) is 48.5 Å². The van der Waals surface area contributed by atoms with Crippen LogP contribution in [0.5, 0.6) is 0 Å². The summed E-state index contributed by atoms with van der Waals surface area (Å²) in [6.45, 7) is 7.73. The lowest BCUT2D eigenvalue weighted by atomic mass is 9.89. The molecular formula is C25H28FN3. The first-order valence-electron chi connectivity index (χ1n) is 10.6. The SMILES string of the molecule is CC1(C)C[C@@H]2CN(Cc3ccnc4ccccc34)CC[C@@H]2N1c1cccc(F)c1. The first-order valence-corrected chi connectivity index (χ1v) is 10.6. The summed E-state index contributed by atoms with van der Waals surface area (Å²) < 4.78 is 13.9. The quantitative estimate of drug-likeness (QED) is 0.610. The van der Waals surface area contributed by atoms with Crippen molar-refractivity contribution in [3.05, 3.63) is 72.2 Å². The number of pyridine rings is 1. The predicted molar refractivity (Wildman–Crippen MR) is 116 cm³/mol. The van der Waals surface area contributed by atoms with Crippen molar-refractivity contribution in [2.45, 2.75) is 44.8 Å². The fraction of sp³-hybridized carbons (Fsp3) is 0.400. The van der Waals surface area contributed by atoms with E-state index in [1.807, 2.05) is 18.3 Å². The molecule has 29 heavy (non-hydrogen) atoms. The van der Waals surface area contributed by atoms with Crippen molar-refractivity contribution in [1.29, 1.82) is 0 Å². The molecule has 0 aliphatic carbocycles. The molecule has 2 saturated heterocycles. The Morgan fingerprint density at radius 3 is 2.83 bits per heavy atom. The van der Waals surface area contributed by atoms with Gasteiger partial charge in [0.25, 0.3) is 0 Å². The van der Waals surface area contributed by atoms with Crippen LogP contribution >= 0.6 is 0 Å². The molecule has 1 aromatic heterocycles. The molecule has 3 nitrogen and oxygen atoms in total. The van der Waals surface area contributed by atoms with Crippen LogP contribution < -0.4 is 4.90 Å². The number of para-hydroxylation sites is 1. The fourth-order valence-electron chi connectivity index (χ4n) is 5.67. The zero-order valence-corrected chi connectivity index (χ0v) is 17.2. The van der Waals surface area contributed by atoms with Crippen LogP contribution in [-0.4, -0.2) is 34.6 Å². The molecule has 4 heteroatoms. The summed E-state index contributed by atoms with van der Waals surface area (Å²) in [5.41, 5.74) is 3.49. The topological polar surface area (TPSA) is 19.4 Å². The number of hydrogen-bond acceptors (Lipinski definition) is 3. The number of halogens is 1. The molecule has 0 saturated carbocycles. The van der Waals surface area contributed by atoms with Crippen LogP contribution in [0.3, 0.4) is 0 Å². The van der Waals surface area contributed by atoms with Crippen LogP contribution in [0.4, 0.5) is 10.1 Å². The average molecular weight is 390 g/mol. The van der Waals surface area contributed by atoms with Crippen LogP contribution in [0.25, 0.3) is 10.9 Å². The fourth-order valence-corrected chi connectivity index (χ4v) is 5.67. The van der Waals surface area contributed by atoms with E-state index in [2.05, 4.69) is 59.0 Å². The highest BCUT2D eigenvalue weighted by molar-refractivity contribution is 5.81. The molecule has 2 aliphatic rings. The number of likely N-dealkylation sites (tertiary alicyclic amines) is 1. The van der Waals surface area contributed by atoms with Crippen molar-refractivity contribution in [3.8, 4) is 0 Å². The number of piperidine rings is 1. The van der Waals surface area contributed by atoms with Crippen molar-refractivity contribution in [2.75, 3.05) is 18.0 Å². The highest BCUT2D eigenvalue weighted by Crippen LogP contribution is 2.45. The lowest BCUT2D eigenvalue weighted by molar-refractivity contribution is 0.161. The van der Waals surface area contributed by atoms with Gasteiger partial charge in [-0.25, -0.2) is 4.39 Å². The van der Waals surface area contributed by atoms with Crippen molar-refractivity contribution >= 4 is 16.6 Å². The highest BCUT2D eigenvalue weighted by atomic mass is 19.1. The maximum Gasteiger partial charge on any atom is 0.125 e. The van der Waals surface area contributed by atoms with Gasteiger partial charge in [-0.05, 0) is 68.5 Å². The lowest BCUT2D eigenvalue weighted by Gasteiger charge is -2.42. The summed E-state index contributed by atoms with van der Waals surface area (Å²) in [6.07, 6.45) is 4.18. The summed E-state index contributed by atoms with van der Waals surface area (Å²) in [5, 5.41) is 1.25. The van der Waals surface area contributed by atoms with E-state index in [0.29, 0.717) is 12.0 Å². The van der Waals surface area contributed by atoms with E-state index in [9.17, 15) is 4.39 Å². The molecule has 0 N–H and O–H groups in total. The van der Waals surface area contributed by atoms with Crippen molar-refractivity contribution in [2.24, 2.45) is 5.92 Å². The Hall–Kier alpha value is -2.46. The Kier molecular flexibility index (Phi) is 4.54. The smallest absolute Gasteiger partial charge is 0.125 e. The number of nitrogens with zero attached hydrogens (tertiary/aromatic N) is 3. The minimum absolute atomic E-state index is 0.0441. The first kappa shape index (κ1) is 18.6. The molecule has 5 rings (SSSR count). The van der Waals surface area contributed by atoms with Gasteiger partial charge in [0.1, 0.15) is 5.82 Å². The molecule has 2 aliphatic heterocycles. The van der Waals surface area contributed by atoms with E-state index in [4.69, 9.17) is 0 Å². The van der Waals surface area contributed by atoms with Crippen LogP contribution in [-0.2, 0) is 6.54 Å². The molecule has 2 aromatic carbocycles. The summed E-state index contributed by atoms with van der Waals surface area (Å²) in [5.74, 6) is 0.457. The van der Waals surface area contributed by atoms with Gasteiger partial charge in [-0.2, -0.15) is 0 Å². The molecular weight excluding hydrogens is 361 g/mol. The number of hydrogen-bond donors (Lipinski definition) is 0. The number of anilines is 1. The van der Waals surface area contributed by atoms with Gasteiger partial charge in [-0.15, -0.1) is 0 Å². The molecule has 3 heterocycles. The number of fused-ring (bicyclic) bond motifs is 2. The molecule has 3 aromatic rings. The zero-order valence-electron chi connectivity index (χ0n) is 17.2. The van der Waals surface area contributed by atoms with Gasteiger partial charge >= 0.3 is 0 Å². The second-order valence-electron chi connectivity index (χ2n) is 9.20. The summed E-state index contributed by atoms with van der Waals surface area (Å²) in [4.78, 5) is 9.58. The van der Waals surface area contributed by atoms with Gasteiger partial charge in [-0.3, -0.25) is 9.88 Å². The standard InChI is InChI=1S/C25H28FN3/c1-25(2)15-19-17-28(16-18-10-12-27-23-9-4-3-8-22(18)23)13-11-24(19)29(25)21-7-5-6-20(26)14-21/h3-10,12,14,19,24H,11,13,15-17H2,1-2H3/t19-,24+/m1/s1. The molecule has 0 bridgehead atoms. The van der Waals surface area contributed by atoms with Gasteiger partial charge in [0.15, 0.2) is 0 Å². The number of aromatic nitrogens is 1. The van der Waals surface area contributed by atoms with Gasteiger partial charge < -0.3 is 4.90 Å². The Balaban J connectivity index is 1.37. The van der Waals surface area contributed by atoms with Crippen LogP contribution in [0, 0.1) is 11.7 Å². The third-order valence-electron chi connectivity index (χ3n) is 6.74. The first-order chi connectivity index (χ1) is 14.0. The molecule has 2 fully saturated rings. The minimum Gasteiger partial charge on any atom is -0.363 e. The normalized spacial score (nSPS) is 24.0. The van der Waals surface area contributed by atoms with E-state index in [0.717, 1.165) is 43.7 Å². The minimum atomic E-state index is -0.149. The Bertz CT molecular complexity index is 1030. The van der Waals surface area contributed by atoms with Gasteiger partial charge in [-0.1, -0.05) is 24.3 Å². The number of benzene rings is 2. The van der Waals surface area contributed by atoms with E-state index in [1.54, 1.807) is 6.07 Å². The summed E-state index contributed by atoms with van der Waals surface area (Å²) >= 11 is 0. The van der Waals surface area contributed by atoms with Crippen LogP contribution in [0.15, 0.2) is 60.8 Å². The van der Waals surface area contributed by atoms with E-state index in [1.165, 1.54) is 17.0 Å². The van der Waals surface area contributed by atoms with E-state index < -0.39 is 0 Å². The molecule has 0 radical (unpaired) electrons. The third-order valence-corrected chi connectivity index (χ3v) is 6.74. The summed E-state index contributed by atoms with van der Waals surface area (Å²) in [7, 11) is 0. The van der Waals surface area contributed by atoms with Crippen molar-refractivity contribution in [1.82, 2.24) is 9.88 Å². The van der Waals surface area contributed by atoms with Crippen molar-refractivity contribution in [3.63, 3.8) is 0 Å². The van der Waals surface area contributed by atoms with Crippen LogP contribution in [0.2, 0.25) is 0 Å². The maximum atomic E-state index is 13.9. The van der Waals surface area contributed by atoms with Gasteiger partial charge in [0.2, 0.25) is 0 Å². The molecule has 0 spiro atoms. The van der Waals surface area contributed by atoms with Crippen LogP contribution in [0.1, 0.15) is 32.3 Å². The zero-order chi connectivity index (χ0) is 20.0. The molecule has 2 atom stereocenters. The second-order valence-corrected chi connectivity index (χ2v) is 9.20. The Morgan fingerprint density at radius 1 is 1.10 bits per heavy atom. The molecule has 0 amide bonds. The maximum absolute atomic E-state index is 13.9. The van der Waals surface area contributed by atoms with Gasteiger partial charge in [0.05, 0.1) is 5.52 Å². The lowest BCUT2D eigenvalue weighted by Crippen LogP contribution is -2.48.